The fraction of sp³-hybridized carbons (Fsp3) is 0.105. The van der Waals surface area contributed by atoms with Gasteiger partial charge in [-0.3, -0.25) is 9.78 Å². The summed E-state index contributed by atoms with van der Waals surface area (Å²) in [5, 5.41) is 3.30. The first-order valence-electron chi connectivity index (χ1n) is 8.21. The largest absolute Gasteiger partial charge is 0.459 e. The molecular weight excluding hydrogens is 362 g/mol. The van der Waals surface area contributed by atoms with Crippen LogP contribution in [0.25, 0.3) is 21.5 Å². The number of anilines is 1. The molecule has 0 aliphatic carbocycles. The Morgan fingerprint density at radius 2 is 1.96 bits per heavy atom. The number of fused-ring (bicyclic) bond motifs is 1. The molecule has 0 saturated carbocycles. The van der Waals surface area contributed by atoms with E-state index in [1.54, 1.807) is 18.6 Å². The van der Waals surface area contributed by atoms with Gasteiger partial charge in [-0.05, 0) is 35.9 Å². The molecule has 3 aromatic heterocycles. The molecule has 1 N–H and O–H groups in total. The van der Waals surface area contributed by atoms with Crippen molar-refractivity contribution in [3.63, 3.8) is 0 Å². The lowest BCUT2D eigenvalue weighted by molar-refractivity contribution is -0.114. The van der Waals surface area contributed by atoms with Crippen LogP contribution in [0.5, 0.6) is 6.01 Å². The summed E-state index contributed by atoms with van der Waals surface area (Å²) in [6.45, 7) is 1.84. The van der Waals surface area contributed by atoms with Crippen molar-refractivity contribution >= 4 is 32.6 Å². The number of hydrogen-bond donors (Lipinski definition) is 1. The third-order valence-corrected chi connectivity index (χ3v) is 4.65. The fourth-order valence-electron chi connectivity index (χ4n) is 2.49. The van der Waals surface area contributed by atoms with Crippen LogP contribution in [-0.4, -0.2) is 25.8 Å². The first-order valence-corrected chi connectivity index (χ1v) is 9.02. The minimum atomic E-state index is -0.138. The highest BCUT2D eigenvalue weighted by atomic mass is 32.1. The monoisotopic (exact) mass is 377 g/mol. The van der Waals surface area contributed by atoms with E-state index in [-0.39, 0.29) is 5.91 Å². The Labute approximate surface area is 159 Å². The quantitative estimate of drug-likeness (QED) is 0.570. The number of hydrogen-bond acceptors (Lipinski definition) is 7. The lowest BCUT2D eigenvalue weighted by Crippen LogP contribution is -2.04. The first kappa shape index (κ1) is 17.0. The van der Waals surface area contributed by atoms with Gasteiger partial charge >= 0.3 is 6.01 Å². The Kier molecular flexibility index (Phi) is 4.71. The van der Waals surface area contributed by atoms with Gasteiger partial charge in [0.15, 0.2) is 5.13 Å². The molecular formula is C19H15N5O2S. The number of ether oxygens (including phenoxy) is 1. The molecule has 1 aromatic carbocycles. The minimum absolute atomic E-state index is 0.138. The topological polar surface area (TPSA) is 89.9 Å². The van der Waals surface area contributed by atoms with Crippen LogP contribution in [0.4, 0.5) is 5.13 Å². The van der Waals surface area contributed by atoms with E-state index in [9.17, 15) is 4.79 Å². The van der Waals surface area contributed by atoms with Gasteiger partial charge in [0.2, 0.25) is 5.91 Å². The summed E-state index contributed by atoms with van der Waals surface area (Å²) in [4.78, 5) is 28.2. The number of rotatable bonds is 5. The molecule has 27 heavy (non-hydrogen) atoms. The minimum Gasteiger partial charge on any atom is -0.459 e. The number of benzene rings is 1. The van der Waals surface area contributed by atoms with Crippen LogP contribution in [0.15, 0.2) is 55.0 Å². The Hall–Kier alpha value is -3.39. The summed E-state index contributed by atoms with van der Waals surface area (Å²) >= 11 is 1.42. The van der Waals surface area contributed by atoms with Gasteiger partial charge in [0.1, 0.15) is 6.61 Å². The average Bonchev–Trinajstić information content (AvgIpc) is 3.08. The molecule has 1 amide bonds. The highest BCUT2D eigenvalue weighted by Crippen LogP contribution is 2.30. The van der Waals surface area contributed by atoms with Crippen molar-refractivity contribution < 1.29 is 9.53 Å². The molecule has 0 atom stereocenters. The predicted molar refractivity (Wildman–Crippen MR) is 104 cm³/mol. The van der Waals surface area contributed by atoms with Gasteiger partial charge in [-0.15, -0.1) is 0 Å². The molecule has 0 spiro atoms. The lowest BCUT2D eigenvalue weighted by Gasteiger charge is -2.06. The van der Waals surface area contributed by atoms with Crippen molar-refractivity contribution in [2.24, 2.45) is 0 Å². The second kappa shape index (κ2) is 7.46. The zero-order valence-electron chi connectivity index (χ0n) is 14.4. The Balaban J connectivity index is 1.56. The van der Waals surface area contributed by atoms with Gasteiger partial charge in [0.25, 0.3) is 0 Å². The number of carbonyl (C=O) groups excluding carboxylic acids is 1. The van der Waals surface area contributed by atoms with E-state index in [2.05, 4.69) is 25.3 Å². The number of nitrogens with zero attached hydrogens (tertiary/aromatic N) is 4. The summed E-state index contributed by atoms with van der Waals surface area (Å²) in [6, 6.07) is 11.7. The molecule has 4 aromatic rings. The summed E-state index contributed by atoms with van der Waals surface area (Å²) in [6.07, 6.45) is 5.11. The third kappa shape index (κ3) is 4.06. The van der Waals surface area contributed by atoms with Crippen LogP contribution in [0, 0.1) is 0 Å². The average molecular weight is 377 g/mol. The van der Waals surface area contributed by atoms with Crippen LogP contribution in [-0.2, 0) is 11.4 Å². The Morgan fingerprint density at radius 3 is 2.78 bits per heavy atom. The fourth-order valence-corrected chi connectivity index (χ4v) is 3.44. The van der Waals surface area contributed by atoms with Crippen molar-refractivity contribution in [3.8, 4) is 17.3 Å². The van der Waals surface area contributed by atoms with E-state index in [1.165, 1.54) is 18.3 Å². The van der Waals surface area contributed by atoms with Crippen molar-refractivity contribution in [1.29, 1.82) is 0 Å². The predicted octanol–water partition coefficient (Wildman–Crippen LogP) is 3.69. The molecule has 0 fully saturated rings. The molecule has 0 radical (unpaired) electrons. The van der Waals surface area contributed by atoms with E-state index in [0.717, 1.165) is 27.0 Å². The Morgan fingerprint density at radius 1 is 1.11 bits per heavy atom. The number of aromatic nitrogens is 4. The van der Waals surface area contributed by atoms with Crippen LogP contribution < -0.4 is 10.1 Å². The maximum absolute atomic E-state index is 11.2. The molecule has 0 unspecified atom stereocenters. The van der Waals surface area contributed by atoms with Crippen molar-refractivity contribution in [2.75, 3.05) is 5.32 Å². The van der Waals surface area contributed by atoms with E-state index in [0.29, 0.717) is 17.7 Å². The number of amides is 1. The van der Waals surface area contributed by atoms with Crippen LogP contribution >= 0.6 is 11.3 Å². The van der Waals surface area contributed by atoms with E-state index in [4.69, 9.17) is 4.74 Å². The smallest absolute Gasteiger partial charge is 0.317 e. The van der Waals surface area contributed by atoms with Crippen molar-refractivity contribution in [1.82, 2.24) is 19.9 Å². The molecule has 4 rings (SSSR count). The van der Waals surface area contributed by atoms with Crippen molar-refractivity contribution in [2.45, 2.75) is 13.5 Å². The summed E-state index contributed by atoms with van der Waals surface area (Å²) in [5.74, 6) is -0.138. The zero-order chi connectivity index (χ0) is 18.6. The van der Waals surface area contributed by atoms with Gasteiger partial charge < -0.3 is 10.1 Å². The molecule has 8 heteroatoms. The standard InChI is InChI=1S/C19H15N5O2S/c1-12(25)22-19-24-16-3-2-14(10-17(16)27-19)15-6-9-21-18(23-15)26-11-13-4-7-20-8-5-13/h2-10H,11H2,1H3,(H,22,24,25). The van der Waals surface area contributed by atoms with Crippen molar-refractivity contribution in [3.05, 3.63) is 60.6 Å². The van der Waals surface area contributed by atoms with E-state index >= 15 is 0 Å². The summed E-state index contributed by atoms with van der Waals surface area (Å²) in [5.41, 5.74) is 3.51. The lowest BCUT2D eigenvalue weighted by atomic mass is 10.1. The molecule has 134 valence electrons. The summed E-state index contributed by atoms with van der Waals surface area (Å²) < 4.78 is 6.65. The molecule has 0 aliphatic heterocycles. The van der Waals surface area contributed by atoms with E-state index in [1.807, 2.05) is 36.4 Å². The number of pyridine rings is 1. The normalized spacial score (nSPS) is 10.7. The Bertz CT molecular complexity index is 1100. The van der Waals surface area contributed by atoms with Gasteiger partial charge in [-0.1, -0.05) is 17.4 Å². The van der Waals surface area contributed by atoms with Crippen LogP contribution in [0.1, 0.15) is 12.5 Å². The third-order valence-electron chi connectivity index (χ3n) is 3.72. The molecule has 7 nitrogen and oxygen atoms in total. The highest BCUT2D eigenvalue weighted by molar-refractivity contribution is 7.22. The number of thiazole rings is 1. The van der Waals surface area contributed by atoms with Gasteiger partial charge in [-0.2, -0.15) is 4.98 Å². The first-order chi connectivity index (χ1) is 13.2. The SMILES string of the molecule is CC(=O)Nc1nc2ccc(-c3ccnc(OCc4ccncc4)n3)cc2s1. The van der Waals surface area contributed by atoms with Crippen LogP contribution in [0.3, 0.4) is 0 Å². The molecule has 0 aliphatic rings. The zero-order valence-corrected chi connectivity index (χ0v) is 15.2. The van der Waals surface area contributed by atoms with Crippen LogP contribution in [0.2, 0.25) is 0 Å². The van der Waals surface area contributed by atoms with Gasteiger partial charge in [0, 0.05) is 31.1 Å². The second-order valence-electron chi connectivity index (χ2n) is 5.75. The summed E-state index contributed by atoms with van der Waals surface area (Å²) in [7, 11) is 0. The maximum Gasteiger partial charge on any atom is 0.317 e. The molecule has 3 heterocycles. The molecule has 0 bridgehead atoms. The van der Waals surface area contributed by atoms with Gasteiger partial charge in [0.05, 0.1) is 15.9 Å². The highest BCUT2D eigenvalue weighted by Gasteiger charge is 2.09. The van der Waals surface area contributed by atoms with Gasteiger partial charge in [-0.25, -0.2) is 9.97 Å². The molecule has 0 saturated heterocycles. The number of carbonyl (C=O) groups is 1. The maximum atomic E-state index is 11.2. The number of nitrogens with one attached hydrogen (secondary N) is 1. The van der Waals surface area contributed by atoms with E-state index < -0.39 is 0 Å². The second-order valence-corrected chi connectivity index (χ2v) is 6.78.